The zero-order chi connectivity index (χ0) is 13.9. The Bertz CT molecular complexity index is 533. The highest BCUT2D eigenvalue weighted by Crippen LogP contribution is 2.25. The van der Waals surface area contributed by atoms with Crippen LogP contribution >= 0.6 is 0 Å². The van der Waals surface area contributed by atoms with Gasteiger partial charge in [-0.3, -0.25) is 0 Å². The van der Waals surface area contributed by atoms with Gasteiger partial charge in [0.1, 0.15) is 0 Å². The first kappa shape index (κ1) is 14.2. The number of aromatic nitrogens is 1. The Hall–Kier alpha value is -1.18. The van der Waals surface area contributed by atoms with Gasteiger partial charge in [0, 0.05) is 25.8 Å². The molecule has 0 aliphatic carbocycles. The molecule has 0 bridgehead atoms. The lowest BCUT2D eigenvalue weighted by atomic mass is 10.3. The third-order valence-corrected chi connectivity index (χ3v) is 4.87. The monoisotopic (exact) mass is 285 g/mol. The van der Waals surface area contributed by atoms with E-state index in [1.54, 1.807) is 12.1 Å². The van der Waals surface area contributed by atoms with Gasteiger partial charge in [-0.15, -0.1) is 0 Å². The van der Waals surface area contributed by atoms with Crippen LogP contribution < -0.4 is 5.32 Å². The number of hydrogen-bond donors (Lipinski definition) is 2. The second-order valence-corrected chi connectivity index (χ2v) is 6.44. The van der Waals surface area contributed by atoms with Gasteiger partial charge < -0.3 is 10.4 Å². The van der Waals surface area contributed by atoms with Gasteiger partial charge >= 0.3 is 0 Å². The number of nitrogens with one attached hydrogen (secondary N) is 1. The molecule has 2 N–H and O–H groups in total. The van der Waals surface area contributed by atoms with Crippen molar-refractivity contribution in [2.75, 3.05) is 25.0 Å². The number of sulfonamides is 1. The van der Waals surface area contributed by atoms with Crippen LogP contribution in [0.15, 0.2) is 23.4 Å². The smallest absolute Gasteiger partial charge is 0.262 e. The summed E-state index contributed by atoms with van der Waals surface area (Å²) in [5.41, 5.74) is 0.519. The summed E-state index contributed by atoms with van der Waals surface area (Å²) in [6, 6.07) is 3.41. The molecule has 2 rings (SSSR count). The van der Waals surface area contributed by atoms with Crippen molar-refractivity contribution in [3.8, 4) is 0 Å². The fourth-order valence-electron chi connectivity index (χ4n) is 2.04. The van der Waals surface area contributed by atoms with E-state index in [0.29, 0.717) is 25.2 Å². The molecule has 1 aliphatic heterocycles. The molecule has 1 aromatic rings. The highest BCUT2D eigenvalue weighted by Gasteiger charge is 2.33. The second kappa shape index (κ2) is 5.85. The number of aliphatic hydroxyl groups is 1. The Labute approximate surface area is 113 Å². The first-order valence-corrected chi connectivity index (χ1v) is 7.87. The Balaban J connectivity index is 2.29. The zero-order valence-corrected chi connectivity index (χ0v) is 11.7. The lowest BCUT2D eigenvalue weighted by Gasteiger charge is -2.17. The van der Waals surface area contributed by atoms with Crippen molar-refractivity contribution in [3.63, 3.8) is 0 Å². The summed E-state index contributed by atoms with van der Waals surface area (Å²) in [6.45, 7) is 3.19. The summed E-state index contributed by atoms with van der Waals surface area (Å²) in [6.07, 6.45) is 2.27. The summed E-state index contributed by atoms with van der Waals surface area (Å²) in [7, 11) is -3.63. The molecule has 1 saturated heterocycles. The van der Waals surface area contributed by atoms with E-state index in [1.807, 2.05) is 6.92 Å². The predicted octanol–water partition coefficient (Wildman–Crippen LogP) is 0.659. The molecule has 19 heavy (non-hydrogen) atoms. The minimum atomic E-state index is -3.63. The third kappa shape index (κ3) is 3.05. The maximum Gasteiger partial charge on any atom is 0.262 e. The van der Waals surface area contributed by atoms with Crippen LogP contribution in [0.25, 0.3) is 0 Å². The molecule has 2 heterocycles. The van der Waals surface area contributed by atoms with Gasteiger partial charge in [0.2, 0.25) is 0 Å². The van der Waals surface area contributed by atoms with Crippen LogP contribution in [0.3, 0.4) is 0 Å². The largest absolute Gasteiger partial charge is 0.392 e. The molecular formula is C12H19N3O3S. The molecule has 0 amide bonds. The molecule has 1 fully saturated rings. The maximum atomic E-state index is 12.5. The molecule has 106 valence electrons. The number of aliphatic hydroxyl groups excluding tert-OH is 1. The van der Waals surface area contributed by atoms with Gasteiger partial charge in [0.05, 0.1) is 11.8 Å². The van der Waals surface area contributed by atoms with Crippen LogP contribution in [0.4, 0.5) is 5.69 Å². The zero-order valence-electron chi connectivity index (χ0n) is 10.9. The van der Waals surface area contributed by atoms with Crippen molar-refractivity contribution in [2.24, 2.45) is 0 Å². The van der Waals surface area contributed by atoms with Crippen molar-refractivity contribution < 1.29 is 13.5 Å². The highest BCUT2D eigenvalue weighted by atomic mass is 32.2. The number of anilines is 1. The van der Waals surface area contributed by atoms with E-state index in [0.717, 1.165) is 6.42 Å². The first-order valence-electron chi connectivity index (χ1n) is 6.42. The van der Waals surface area contributed by atoms with Crippen LogP contribution in [0, 0.1) is 0 Å². The summed E-state index contributed by atoms with van der Waals surface area (Å²) < 4.78 is 26.2. The highest BCUT2D eigenvalue weighted by molar-refractivity contribution is 7.89. The van der Waals surface area contributed by atoms with Crippen molar-refractivity contribution in [3.05, 3.63) is 18.3 Å². The molecule has 1 atom stereocenters. The SMILES string of the molecule is CCCNc1cccnc1S(=O)(=O)N1CCC(O)C1. The molecule has 0 aromatic carbocycles. The van der Waals surface area contributed by atoms with Gasteiger partial charge in [0.15, 0.2) is 5.03 Å². The van der Waals surface area contributed by atoms with Gasteiger partial charge in [0.25, 0.3) is 10.0 Å². The second-order valence-electron chi connectivity index (χ2n) is 4.59. The fourth-order valence-corrected chi connectivity index (χ4v) is 3.61. The Morgan fingerprint density at radius 3 is 3.00 bits per heavy atom. The van der Waals surface area contributed by atoms with Crippen LogP contribution in [-0.2, 0) is 10.0 Å². The minimum Gasteiger partial charge on any atom is -0.392 e. The summed E-state index contributed by atoms with van der Waals surface area (Å²) in [5, 5.41) is 12.6. The normalized spacial score (nSPS) is 20.6. The number of β-amino-alcohol motifs (C(OH)–C–C–N with tert-alkyl or cyclic N) is 1. The molecule has 6 nitrogen and oxygen atoms in total. The van der Waals surface area contributed by atoms with Crippen molar-refractivity contribution >= 4 is 15.7 Å². The minimum absolute atomic E-state index is 0.0394. The van der Waals surface area contributed by atoms with E-state index < -0.39 is 16.1 Å². The average Bonchev–Trinajstić information content (AvgIpc) is 2.84. The quantitative estimate of drug-likeness (QED) is 0.830. The van der Waals surface area contributed by atoms with Crippen LogP contribution in [0.2, 0.25) is 0 Å². The molecule has 1 unspecified atom stereocenters. The molecule has 0 radical (unpaired) electrons. The Morgan fingerprint density at radius 2 is 2.37 bits per heavy atom. The van der Waals surface area contributed by atoms with Gasteiger partial charge in [-0.05, 0) is 25.0 Å². The number of pyridine rings is 1. The van der Waals surface area contributed by atoms with E-state index in [1.165, 1.54) is 10.5 Å². The van der Waals surface area contributed by atoms with Crippen molar-refractivity contribution in [2.45, 2.75) is 30.9 Å². The standard InChI is InChI=1S/C12H19N3O3S/c1-2-6-13-11-4-3-7-14-12(11)19(17,18)15-8-5-10(16)9-15/h3-4,7,10,13,16H,2,5-6,8-9H2,1H3. The van der Waals surface area contributed by atoms with Gasteiger partial charge in [-0.1, -0.05) is 6.92 Å². The first-order chi connectivity index (χ1) is 9.05. The molecule has 0 spiro atoms. The lowest BCUT2D eigenvalue weighted by Crippen LogP contribution is -2.31. The molecule has 1 aromatic heterocycles. The maximum absolute atomic E-state index is 12.5. The van der Waals surface area contributed by atoms with E-state index in [-0.39, 0.29) is 11.6 Å². The fraction of sp³-hybridized carbons (Fsp3) is 0.583. The molecule has 0 saturated carbocycles. The van der Waals surface area contributed by atoms with E-state index in [4.69, 9.17) is 0 Å². The van der Waals surface area contributed by atoms with E-state index >= 15 is 0 Å². The summed E-state index contributed by atoms with van der Waals surface area (Å²) in [4.78, 5) is 4.00. The van der Waals surface area contributed by atoms with Crippen molar-refractivity contribution in [1.29, 1.82) is 0 Å². The van der Waals surface area contributed by atoms with Gasteiger partial charge in [-0.25, -0.2) is 13.4 Å². The predicted molar refractivity (Wildman–Crippen MR) is 72.4 cm³/mol. The molecular weight excluding hydrogens is 266 g/mol. The topological polar surface area (TPSA) is 82.5 Å². The van der Waals surface area contributed by atoms with Crippen LogP contribution in [0.5, 0.6) is 0 Å². The number of nitrogens with zero attached hydrogens (tertiary/aromatic N) is 2. The molecule has 1 aliphatic rings. The number of rotatable bonds is 5. The average molecular weight is 285 g/mol. The molecule has 7 heteroatoms. The van der Waals surface area contributed by atoms with E-state index in [2.05, 4.69) is 10.3 Å². The Kier molecular flexibility index (Phi) is 4.38. The lowest BCUT2D eigenvalue weighted by molar-refractivity contribution is 0.189. The Morgan fingerprint density at radius 1 is 1.58 bits per heavy atom. The summed E-state index contributed by atoms with van der Waals surface area (Å²) in [5.74, 6) is 0. The number of hydrogen-bond acceptors (Lipinski definition) is 5. The summed E-state index contributed by atoms with van der Waals surface area (Å²) >= 11 is 0. The van der Waals surface area contributed by atoms with Gasteiger partial charge in [-0.2, -0.15) is 4.31 Å². The van der Waals surface area contributed by atoms with Crippen LogP contribution in [-0.4, -0.2) is 48.6 Å². The third-order valence-electron chi connectivity index (χ3n) is 3.05. The van der Waals surface area contributed by atoms with Crippen LogP contribution in [0.1, 0.15) is 19.8 Å². The van der Waals surface area contributed by atoms with Crippen molar-refractivity contribution in [1.82, 2.24) is 9.29 Å². The van der Waals surface area contributed by atoms with E-state index in [9.17, 15) is 13.5 Å².